The van der Waals surface area contributed by atoms with Crippen molar-refractivity contribution in [2.24, 2.45) is 0 Å². The lowest BCUT2D eigenvalue weighted by atomic mass is 10.3. The molecule has 1 aliphatic rings. The average Bonchev–Trinajstić information content (AvgIpc) is 2.86. The number of rotatable bonds is 5. The zero-order chi connectivity index (χ0) is 13.0. The Hall–Kier alpha value is -0.980. The van der Waals surface area contributed by atoms with E-state index >= 15 is 0 Å². The lowest BCUT2D eigenvalue weighted by Crippen LogP contribution is -2.46. The number of carboxylic acids is 1. The van der Waals surface area contributed by atoms with Crippen LogP contribution in [0.25, 0.3) is 0 Å². The second kappa shape index (κ2) is 6.26. The Labute approximate surface area is 111 Å². The summed E-state index contributed by atoms with van der Waals surface area (Å²) in [6.07, 6.45) is 0.851. The summed E-state index contributed by atoms with van der Waals surface area (Å²) in [5, 5.41) is 11.3. The normalized spacial score (nSPS) is 18.1. The number of nitrogens with zero attached hydrogens (tertiary/aromatic N) is 3. The van der Waals surface area contributed by atoms with Gasteiger partial charge in [0.25, 0.3) is 0 Å². The van der Waals surface area contributed by atoms with Crippen molar-refractivity contribution >= 4 is 17.3 Å². The van der Waals surface area contributed by atoms with E-state index in [0.717, 1.165) is 50.7 Å². The first kappa shape index (κ1) is 13.5. The van der Waals surface area contributed by atoms with Crippen LogP contribution >= 0.6 is 11.3 Å². The Morgan fingerprint density at radius 1 is 1.39 bits per heavy atom. The highest BCUT2D eigenvalue weighted by molar-refractivity contribution is 7.09. The maximum atomic E-state index is 10.7. The van der Waals surface area contributed by atoms with Crippen LogP contribution < -0.4 is 0 Å². The summed E-state index contributed by atoms with van der Waals surface area (Å²) in [5.41, 5.74) is 0.172. The molecular formula is C12H19N3O2S. The largest absolute Gasteiger partial charge is 0.476 e. The molecule has 0 unspecified atom stereocenters. The molecule has 6 heteroatoms. The van der Waals surface area contributed by atoms with E-state index in [9.17, 15) is 4.79 Å². The monoisotopic (exact) mass is 269 g/mol. The molecule has 1 aromatic heterocycles. The molecule has 1 fully saturated rings. The predicted octanol–water partition coefficient (Wildman–Crippen LogP) is 1.02. The van der Waals surface area contributed by atoms with E-state index in [2.05, 4.69) is 21.7 Å². The Balaban J connectivity index is 1.76. The molecule has 1 aromatic rings. The molecule has 1 N–H and O–H groups in total. The van der Waals surface area contributed by atoms with Crippen molar-refractivity contribution in [2.75, 3.05) is 39.3 Å². The Morgan fingerprint density at radius 3 is 2.61 bits per heavy atom. The first-order chi connectivity index (χ1) is 8.69. The number of hydrogen-bond donors (Lipinski definition) is 1. The first-order valence-electron chi connectivity index (χ1n) is 6.31. The summed E-state index contributed by atoms with van der Waals surface area (Å²) in [6, 6.07) is 0. The quantitative estimate of drug-likeness (QED) is 0.865. The van der Waals surface area contributed by atoms with Gasteiger partial charge in [0.1, 0.15) is 0 Å². The summed E-state index contributed by atoms with van der Waals surface area (Å²) in [7, 11) is 0. The molecule has 2 rings (SSSR count). The van der Waals surface area contributed by atoms with Crippen LogP contribution in [0.5, 0.6) is 0 Å². The van der Waals surface area contributed by atoms with Gasteiger partial charge in [-0.15, -0.1) is 11.3 Å². The van der Waals surface area contributed by atoms with Gasteiger partial charge in [-0.3, -0.25) is 0 Å². The number of aromatic nitrogens is 1. The number of carbonyl (C=O) groups is 1. The van der Waals surface area contributed by atoms with Crippen molar-refractivity contribution in [3.8, 4) is 0 Å². The summed E-state index contributed by atoms with van der Waals surface area (Å²) < 4.78 is 0. The third-order valence-corrected chi connectivity index (χ3v) is 4.23. The second-order valence-electron chi connectivity index (χ2n) is 4.46. The van der Waals surface area contributed by atoms with Crippen LogP contribution in [0.1, 0.15) is 22.4 Å². The highest BCUT2D eigenvalue weighted by atomic mass is 32.1. The number of thiazole rings is 1. The molecule has 0 saturated carbocycles. The molecule has 1 aliphatic heterocycles. The van der Waals surface area contributed by atoms with Crippen LogP contribution in [-0.2, 0) is 6.42 Å². The molecule has 0 aromatic carbocycles. The van der Waals surface area contributed by atoms with E-state index in [1.54, 1.807) is 5.38 Å². The number of piperazine rings is 1. The number of likely N-dealkylation sites (N-methyl/N-ethyl adjacent to an activating group) is 1. The minimum absolute atomic E-state index is 0.172. The number of carboxylic acid groups (broad SMARTS) is 1. The van der Waals surface area contributed by atoms with Crippen LogP contribution in [-0.4, -0.2) is 65.1 Å². The summed E-state index contributed by atoms with van der Waals surface area (Å²) in [6.45, 7) is 8.77. The fourth-order valence-electron chi connectivity index (χ4n) is 2.11. The molecule has 1 saturated heterocycles. The van der Waals surface area contributed by atoms with Crippen molar-refractivity contribution in [3.63, 3.8) is 0 Å². The van der Waals surface area contributed by atoms with Gasteiger partial charge in [-0.05, 0) is 6.54 Å². The standard InChI is InChI=1S/C12H19N3O2S/c1-2-14-5-7-15(8-6-14)4-3-11-13-10(9-18-11)12(16)17/h9H,2-8H2,1H3,(H,16,17). The Bertz CT molecular complexity index is 400. The van der Waals surface area contributed by atoms with Gasteiger partial charge < -0.3 is 14.9 Å². The molecule has 5 nitrogen and oxygen atoms in total. The summed E-state index contributed by atoms with van der Waals surface area (Å²) >= 11 is 1.44. The third-order valence-electron chi connectivity index (χ3n) is 3.32. The first-order valence-corrected chi connectivity index (χ1v) is 7.19. The fourth-order valence-corrected chi connectivity index (χ4v) is 2.87. The zero-order valence-electron chi connectivity index (χ0n) is 10.6. The molecular weight excluding hydrogens is 250 g/mol. The maximum Gasteiger partial charge on any atom is 0.355 e. The number of aromatic carboxylic acids is 1. The van der Waals surface area contributed by atoms with Gasteiger partial charge in [0.05, 0.1) is 5.01 Å². The van der Waals surface area contributed by atoms with E-state index in [0.29, 0.717) is 0 Å². The van der Waals surface area contributed by atoms with Crippen molar-refractivity contribution < 1.29 is 9.90 Å². The highest BCUT2D eigenvalue weighted by Gasteiger charge is 2.16. The molecule has 2 heterocycles. The molecule has 0 bridgehead atoms. The summed E-state index contributed by atoms with van der Waals surface area (Å²) in [5.74, 6) is -0.936. The molecule has 0 atom stereocenters. The molecule has 0 spiro atoms. The van der Waals surface area contributed by atoms with Crippen LogP contribution in [0.3, 0.4) is 0 Å². The van der Waals surface area contributed by atoms with Crippen molar-refractivity contribution in [1.82, 2.24) is 14.8 Å². The fraction of sp³-hybridized carbons (Fsp3) is 0.667. The molecule has 0 amide bonds. The maximum absolute atomic E-state index is 10.7. The topological polar surface area (TPSA) is 56.7 Å². The van der Waals surface area contributed by atoms with Gasteiger partial charge in [0.15, 0.2) is 5.69 Å². The van der Waals surface area contributed by atoms with Gasteiger partial charge in [0.2, 0.25) is 0 Å². The Morgan fingerprint density at radius 2 is 2.06 bits per heavy atom. The van der Waals surface area contributed by atoms with E-state index < -0.39 is 5.97 Å². The van der Waals surface area contributed by atoms with Gasteiger partial charge in [-0.1, -0.05) is 6.92 Å². The van der Waals surface area contributed by atoms with Crippen LogP contribution in [0.2, 0.25) is 0 Å². The molecule has 0 radical (unpaired) electrons. The lowest BCUT2D eigenvalue weighted by Gasteiger charge is -2.33. The van der Waals surface area contributed by atoms with Crippen molar-refractivity contribution in [3.05, 3.63) is 16.1 Å². The van der Waals surface area contributed by atoms with Gasteiger partial charge in [0, 0.05) is 44.5 Å². The highest BCUT2D eigenvalue weighted by Crippen LogP contribution is 2.11. The van der Waals surface area contributed by atoms with E-state index in [1.165, 1.54) is 11.3 Å². The van der Waals surface area contributed by atoms with E-state index in [4.69, 9.17) is 5.11 Å². The Kier molecular flexibility index (Phi) is 4.68. The van der Waals surface area contributed by atoms with Crippen molar-refractivity contribution in [2.45, 2.75) is 13.3 Å². The van der Waals surface area contributed by atoms with Crippen LogP contribution in [0.15, 0.2) is 5.38 Å². The van der Waals surface area contributed by atoms with E-state index in [1.807, 2.05) is 0 Å². The van der Waals surface area contributed by atoms with Gasteiger partial charge in [-0.25, -0.2) is 9.78 Å². The molecule has 18 heavy (non-hydrogen) atoms. The van der Waals surface area contributed by atoms with Gasteiger partial charge >= 0.3 is 5.97 Å². The van der Waals surface area contributed by atoms with Gasteiger partial charge in [-0.2, -0.15) is 0 Å². The van der Waals surface area contributed by atoms with E-state index in [-0.39, 0.29) is 5.69 Å². The van der Waals surface area contributed by atoms with Crippen LogP contribution in [0.4, 0.5) is 0 Å². The van der Waals surface area contributed by atoms with Crippen molar-refractivity contribution in [1.29, 1.82) is 0 Å². The van der Waals surface area contributed by atoms with Crippen LogP contribution in [0, 0.1) is 0 Å². The SMILES string of the molecule is CCN1CCN(CCc2nc(C(=O)O)cs2)CC1. The average molecular weight is 269 g/mol. The molecule has 100 valence electrons. The minimum Gasteiger partial charge on any atom is -0.476 e. The number of hydrogen-bond acceptors (Lipinski definition) is 5. The zero-order valence-corrected chi connectivity index (χ0v) is 11.4. The predicted molar refractivity (Wildman–Crippen MR) is 71.3 cm³/mol. The minimum atomic E-state index is -0.936. The molecule has 0 aliphatic carbocycles. The lowest BCUT2D eigenvalue weighted by molar-refractivity contribution is 0.0691. The smallest absolute Gasteiger partial charge is 0.355 e. The second-order valence-corrected chi connectivity index (χ2v) is 5.40. The summed E-state index contributed by atoms with van der Waals surface area (Å²) in [4.78, 5) is 19.7. The third kappa shape index (κ3) is 3.51.